The Bertz CT molecular complexity index is 778. The Labute approximate surface area is 172 Å². The van der Waals surface area contributed by atoms with Gasteiger partial charge in [0, 0.05) is 58.0 Å². The van der Waals surface area contributed by atoms with Crippen molar-refractivity contribution in [2.75, 3.05) is 64.4 Å². The van der Waals surface area contributed by atoms with Gasteiger partial charge >= 0.3 is 0 Å². The maximum Gasteiger partial charge on any atom is 0.123 e. The zero-order valence-electron chi connectivity index (χ0n) is 17.1. The van der Waals surface area contributed by atoms with Crippen LogP contribution in [0.3, 0.4) is 0 Å². The summed E-state index contributed by atoms with van der Waals surface area (Å²) in [6.07, 6.45) is 0.242. The smallest absolute Gasteiger partial charge is 0.123 e. The Morgan fingerprint density at radius 2 is 1.79 bits per heavy atom. The van der Waals surface area contributed by atoms with Gasteiger partial charge in [0.05, 0.1) is 19.8 Å². The van der Waals surface area contributed by atoms with Crippen molar-refractivity contribution in [1.29, 1.82) is 0 Å². The fourth-order valence-corrected chi connectivity index (χ4v) is 4.19. The molecule has 6 heteroatoms. The zero-order valence-corrected chi connectivity index (χ0v) is 17.1. The minimum absolute atomic E-state index is 0.180. The van der Waals surface area contributed by atoms with Crippen molar-refractivity contribution >= 4 is 5.69 Å². The number of hydrogen-bond donors (Lipinski definition) is 0. The van der Waals surface area contributed by atoms with E-state index in [0.29, 0.717) is 0 Å². The number of halogens is 1. The lowest BCUT2D eigenvalue weighted by Gasteiger charge is -2.40. The lowest BCUT2D eigenvalue weighted by atomic mass is 10.1. The third-order valence-corrected chi connectivity index (χ3v) is 5.79. The van der Waals surface area contributed by atoms with Crippen LogP contribution in [0.2, 0.25) is 0 Å². The molecule has 2 aliphatic rings. The molecule has 0 amide bonds. The quantitative estimate of drug-likeness (QED) is 0.745. The molecule has 0 aliphatic carbocycles. The highest BCUT2D eigenvalue weighted by molar-refractivity contribution is 5.46. The van der Waals surface area contributed by atoms with Crippen LogP contribution in [0, 0.1) is 5.82 Å². The average Bonchev–Trinajstić information content (AvgIpc) is 2.75. The number of nitrogens with zero attached hydrogens (tertiary/aromatic N) is 3. The van der Waals surface area contributed by atoms with Gasteiger partial charge in [-0.05, 0) is 42.0 Å². The van der Waals surface area contributed by atoms with Gasteiger partial charge < -0.3 is 14.4 Å². The molecule has 29 heavy (non-hydrogen) atoms. The van der Waals surface area contributed by atoms with Crippen LogP contribution in [0.5, 0.6) is 5.75 Å². The average molecular weight is 400 g/mol. The van der Waals surface area contributed by atoms with Gasteiger partial charge in [-0.2, -0.15) is 0 Å². The maximum absolute atomic E-state index is 13.1. The van der Waals surface area contributed by atoms with Crippen molar-refractivity contribution < 1.29 is 13.9 Å². The molecule has 4 rings (SSSR count). The highest BCUT2D eigenvalue weighted by Crippen LogP contribution is 2.19. The van der Waals surface area contributed by atoms with E-state index in [0.717, 1.165) is 70.4 Å². The second-order valence-corrected chi connectivity index (χ2v) is 7.84. The molecule has 2 saturated heterocycles. The van der Waals surface area contributed by atoms with E-state index in [1.54, 1.807) is 7.11 Å². The molecule has 2 aliphatic heterocycles. The first-order valence-electron chi connectivity index (χ1n) is 10.4. The number of rotatable bonds is 6. The van der Waals surface area contributed by atoms with Gasteiger partial charge in [-0.25, -0.2) is 4.39 Å². The molecule has 1 unspecified atom stereocenters. The van der Waals surface area contributed by atoms with Gasteiger partial charge in [-0.15, -0.1) is 0 Å². The highest BCUT2D eigenvalue weighted by Gasteiger charge is 2.25. The Balaban J connectivity index is 1.25. The van der Waals surface area contributed by atoms with Crippen molar-refractivity contribution in [3.05, 3.63) is 59.9 Å². The van der Waals surface area contributed by atoms with E-state index in [-0.39, 0.29) is 11.9 Å². The predicted octanol–water partition coefficient (Wildman–Crippen LogP) is 2.86. The number of morpholine rings is 1. The summed E-state index contributed by atoms with van der Waals surface area (Å²) in [6, 6.07) is 15.1. The van der Waals surface area contributed by atoms with Crippen molar-refractivity contribution in [3.63, 3.8) is 0 Å². The summed E-state index contributed by atoms with van der Waals surface area (Å²) in [7, 11) is 1.71. The van der Waals surface area contributed by atoms with Crippen molar-refractivity contribution in [3.8, 4) is 5.75 Å². The second kappa shape index (κ2) is 9.57. The van der Waals surface area contributed by atoms with Crippen LogP contribution < -0.4 is 9.64 Å². The van der Waals surface area contributed by atoms with Gasteiger partial charge in [0.25, 0.3) is 0 Å². The number of ether oxygens (including phenoxy) is 2. The van der Waals surface area contributed by atoms with Crippen LogP contribution in [0.15, 0.2) is 48.5 Å². The second-order valence-electron chi connectivity index (χ2n) is 7.84. The lowest BCUT2D eigenvalue weighted by Crippen LogP contribution is -2.52. The summed E-state index contributed by atoms with van der Waals surface area (Å²) in [6.45, 7) is 8.53. The first-order chi connectivity index (χ1) is 14.2. The Kier molecular flexibility index (Phi) is 6.64. The third-order valence-electron chi connectivity index (χ3n) is 5.79. The third kappa shape index (κ3) is 5.47. The molecule has 0 spiro atoms. The molecule has 2 aromatic carbocycles. The summed E-state index contributed by atoms with van der Waals surface area (Å²) in [5.74, 6) is 0.728. The SMILES string of the molecule is COc1cccc(CN2CCOC(CN3CCN(c4ccc(F)cc4)CC3)C2)c1. The zero-order chi connectivity index (χ0) is 20.1. The van der Waals surface area contributed by atoms with E-state index in [2.05, 4.69) is 26.8 Å². The molecule has 0 radical (unpaired) electrons. The number of benzene rings is 2. The Morgan fingerprint density at radius 1 is 1.00 bits per heavy atom. The molecule has 0 N–H and O–H groups in total. The van der Waals surface area contributed by atoms with Gasteiger partial charge in [0.2, 0.25) is 0 Å². The summed E-state index contributed by atoms with van der Waals surface area (Å²) in [5.41, 5.74) is 2.38. The highest BCUT2D eigenvalue weighted by atomic mass is 19.1. The van der Waals surface area contributed by atoms with Crippen LogP contribution in [-0.4, -0.2) is 75.4 Å². The number of anilines is 1. The summed E-state index contributed by atoms with van der Waals surface area (Å²) in [4.78, 5) is 7.28. The Morgan fingerprint density at radius 3 is 2.55 bits per heavy atom. The number of hydrogen-bond acceptors (Lipinski definition) is 5. The topological polar surface area (TPSA) is 28.2 Å². The summed E-state index contributed by atoms with van der Waals surface area (Å²) >= 11 is 0. The van der Waals surface area contributed by atoms with Crippen LogP contribution in [-0.2, 0) is 11.3 Å². The van der Waals surface area contributed by atoms with Gasteiger partial charge in [0.1, 0.15) is 11.6 Å². The molecule has 2 fully saturated rings. The van der Waals surface area contributed by atoms with E-state index in [1.807, 2.05) is 24.3 Å². The molecule has 2 heterocycles. The molecular formula is C23H30FN3O2. The van der Waals surface area contributed by atoms with Crippen LogP contribution >= 0.6 is 0 Å². The molecule has 1 atom stereocenters. The van der Waals surface area contributed by atoms with Crippen LogP contribution in [0.4, 0.5) is 10.1 Å². The standard InChI is InChI=1S/C23H30FN3O2/c1-28-22-4-2-3-19(15-22)16-26-13-14-29-23(18-26)17-25-9-11-27(12-10-25)21-7-5-20(24)6-8-21/h2-8,15,23H,9-14,16-18H2,1H3. The fraction of sp³-hybridized carbons (Fsp3) is 0.478. The summed E-state index contributed by atoms with van der Waals surface area (Å²) in [5, 5.41) is 0. The predicted molar refractivity (Wildman–Crippen MR) is 113 cm³/mol. The normalized spacial score (nSPS) is 21.3. The van der Waals surface area contributed by atoms with Gasteiger partial charge in [0.15, 0.2) is 0 Å². The minimum atomic E-state index is -0.180. The molecule has 5 nitrogen and oxygen atoms in total. The number of methoxy groups -OCH3 is 1. The first-order valence-corrected chi connectivity index (χ1v) is 10.4. The molecule has 156 valence electrons. The van der Waals surface area contributed by atoms with Gasteiger partial charge in [-0.3, -0.25) is 9.80 Å². The molecular weight excluding hydrogens is 369 g/mol. The molecule has 2 aromatic rings. The lowest BCUT2D eigenvalue weighted by molar-refractivity contribution is -0.0463. The van der Waals surface area contributed by atoms with E-state index in [9.17, 15) is 4.39 Å². The largest absolute Gasteiger partial charge is 0.497 e. The van der Waals surface area contributed by atoms with Crippen LogP contribution in [0.25, 0.3) is 0 Å². The Hall–Kier alpha value is -2.15. The first kappa shape index (κ1) is 20.1. The number of piperazine rings is 1. The van der Waals surface area contributed by atoms with E-state index in [1.165, 1.54) is 17.7 Å². The molecule has 0 bridgehead atoms. The van der Waals surface area contributed by atoms with Crippen molar-refractivity contribution in [2.24, 2.45) is 0 Å². The van der Waals surface area contributed by atoms with Gasteiger partial charge in [-0.1, -0.05) is 12.1 Å². The van der Waals surface area contributed by atoms with E-state index >= 15 is 0 Å². The van der Waals surface area contributed by atoms with E-state index in [4.69, 9.17) is 9.47 Å². The van der Waals surface area contributed by atoms with Crippen molar-refractivity contribution in [2.45, 2.75) is 12.6 Å². The maximum atomic E-state index is 13.1. The van der Waals surface area contributed by atoms with Crippen molar-refractivity contribution in [1.82, 2.24) is 9.80 Å². The van der Waals surface area contributed by atoms with E-state index < -0.39 is 0 Å². The minimum Gasteiger partial charge on any atom is -0.497 e. The van der Waals surface area contributed by atoms with Crippen LogP contribution in [0.1, 0.15) is 5.56 Å². The summed E-state index contributed by atoms with van der Waals surface area (Å²) < 4.78 is 24.5. The monoisotopic (exact) mass is 399 g/mol. The fourth-order valence-electron chi connectivity index (χ4n) is 4.19. The molecule has 0 saturated carbocycles. The molecule has 0 aromatic heterocycles.